The molecule has 1 amide bonds. The number of methoxy groups -OCH3 is 1. The van der Waals surface area contributed by atoms with E-state index in [1.807, 2.05) is 6.07 Å². The quantitative estimate of drug-likeness (QED) is 0.746. The van der Waals surface area contributed by atoms with E-state index in [1.54, 1.807) is 35.2 Å². The topological polar surface area (TPSA) is 55.6 Å². The highest BCUT2D eigenvalue weighted by atomic mass is 19.2. The number of nitrogens with two attached hydrogens (primary N) is 1. The van der Waals surface area contributed by atoms with E-state index in [4.69, 9.17) is 10.5 Å². The Balaban J connectivity index is 1.76. The van der Waals surface area contributed by atoms with E-state index in [0.29, 0.717) is 24.2 Å². The van der Waals surface area contributed by atoms with Crippen molar-refractivity contribution in [3.8, 4) is 16.9 Å². The maximum Gasteiger partial charge on any atom is 0.253 e. The van der Waals surface area contributed by atoms with Crippen LogP contribution in [0.1, 0.15) is 16.8 Å². The molecule has 0 spiro atoms. The predicted octanol–water partition coefficient (Wildman–Crippen LogP) is 3.97. The summed E-state index contributed by atoms with van der Waals surface area (Å²) in [6.45, 7) is 1.20. The van der Waals surface area contributed by atoms with Crippen LogP contribution in [0, 0.1) is 11.6 Å². The van der Waals surface area contributed by atoms with Gasteiger partial charge in [-0.15, -0.1) is 0 Å². The van der Waals surface area contributed by atoms with Gasteiger partial charge in [0.1, 0.15) is 0 Å². The number of hydrogen-bond acceptors (Lipinski definition) is 3. The van der Waals surface area contributed by atoms with Gasteiger partial charge < -0.3 is 15.4 Å². The number of halogens is 2. The van der Waals surface area contributed by atoms with Crippen LogP contribution in [0.25, 0.3) is 21.9 Å². The summed E-state index contributed by atoms with van der Waals surface area (Å²) in [6, 6.07) is 13.5. The molecule has 3 aromatic carbocycles. The monoisotopic (exact) mass is 382 g/mol. The van der Waals surface area contributed by atoms with Crippen LogP contribution < -0.4 is 10.5 Å². The van der Waals surface area contributed by atoms with E-state index in [0.717, 1.165) is 17.2 Å². The van der Waals surface area contributed by atoms with Gasteiger partial charge in [-0.05, 0) is 47.0 Å². The van der Waals surface area contributed by atoms with Crippen LogP contribution >= 0.6 is 0 Å². The van der Waals surface area contributed by atoms with Crippen LogP contribution in [0.3, 0.4) is 0 Å². The number of hydrogen-bond donors (Lipinski definition) is 1. The summed E-state index contributed by atoms with van der Waals surface area (Å²) in [4.78, 5) is 14.5. The van der Waals surface area contributed by atoms with E-state index < -0.39 is 11.6 Å². The summed E-state index contributed by atoms with van der Waals surface area (Å²) in [7, 11) is 1.29. The summed E-state index contributed by atoms with van der Waals surface area (Å²) >= 11 is 0. The SMILES string of the molecule is COc1ccc(-c2cccc3cc(C(=O)N4CC[C@@H](N)C4)ccc23)c(F)c1F. The first kappa shape index (κ1) is 18.4. The molecule has 0 bridgehead atoms. The number of rotatable bonds is 3. The average Bonchev–Trinajstić information content (AvgIpc) is 3.15. The first-order chi connectivity index (χ1) is 13.5. The molecule has 1 heterocycles. The van der Waals surface area contributed by atoms with E-state index >= 15 is 0 Å². The Morgan fingerprint density at radius 2 is 1.93 bits per heavy atom. The average molecular weight is 382 g/mol. The second-order valence-electron chi connectivity index (χ2n) is 6.98. The van der Waals surface area contributed by atoms with Crippen molar-refractivity contribution in [3.63, 3.8) is 0 Å². The summed E-state index contributed by atoms with van der Waals surface area (Å²) in [5.74, 6) is -2.19. The fourth-order valence-electron chi connectivity index (χ4n) is 3.70. The molecule has 0 saturated carbocycles. The van der Waals surface area contributed by atoms with Crippen molar-refractivity contribution in [1.29, 1.82) is 0 Å². The lowest BCUT2D eigenvalue weighted by Gasteiger charge is -2.16. The molecule has 28 heavy (non-hydrogen) atoms. The Kier molecular flexibility index (Phi) is 4.73. The molecule has 0 radical (unpaired) electrons. The van der Waals surface area contributed by atoms with E-state index in [-0.39, 0.29) is 23.3 Å². The largest absolute Gasteiger partial charge is 0.494 e. The first-order valence-corrected chi connectivity index (χ1v) is 9.09. The van der Waals surface area contributed by atoms with Crippen LogP contribution in [0.2, 0.25) is 0 Å². The molecular formula is C22H20F2N2O2. The molecule has 1 fully saturated rings. The van der Waals surface area contributed by atoms with Gasteiger partial charge in [-0.2, -0.15) is 4.39 Å². The number of nitrogens with zero attached hydrogens (tertiary/aromatic N) is 1. The van der Waals surface area contributed by atoms with Crippen LogP contribution in [-0.2, 0) is 0 Å². The normalized spacial score (nSPS) is 16.6. The van der Waals surface area contributed by atoms with Crippen molar-refractivity contribution in [2.24, 2.45) is 5.73 Å². The molecule has 0 aromatic heterocycles. The summed E-state index contributed by atoms with van der Waals surface area (Å²) in [5.41, 5.74) is 7.15. The molecule has 144 valence electrons. The lowest BCUT2D eigenvalue weighted by molar-refractivity contribution is 0.0791. The van der Waals surface area contributed by atoms with Crippen LogP contribution in [0.15, 0.2) is 48.5 Å². The fraction of sp³-hybridized carbons (Fsp3) is 0.227. The van der Waals surface area contributed by atoms with Gasteiger partial charge in [-0.25, -0.2) is 4.39 Å². The van der Waals surface area contributed by atoms with E-state index in [2.05, 4.69) is 0 Å². The number of ether oxygens (including phenoxy) is 1. The van der Waals surface area contributed by atoms with E-state index in [9.17, 15) is 13.6 Å². The number of likely N-dealkylation sites (tertiary alicyclic amines) is 1. The van der Waals surface area contributed by atoms with Gasteiger partial charge in [0.15, 0.2) is 11.6 Å². The Bertz CT molecular complexity index is 1070. The summed E-state index contributed by atoms with van der Waals surface area (Å²) < 4.78 is 33.6. The number of benzene rings is 3. The van der Waals surface area contributed by atoms with Crippen LogP contribution in [0.5, 0.6) is 5.75 Å². The van der Waals surface area contributed by atoms with Gasteiger partial charge in [-0.1, -0.05) is 24.3 Å². The van der Waals surface area contributed by atoms with Crippen molar-refractivity contribution in [2.45, 2.75) is 12.5 Å². The Morgan fingerprint density at radius 3 is 2.64 bits per heavy atom. The molecule has 3 aromatic rings. The third-order valence-electron chi connectivity index (χ3n) is 5.20. The minimum absolute atomic E-state index is 0.0175. The molecule has 1 saturated heterocycles. The highest BCUT2D eigenvalue weighted by Gasteiger charge is 2.25. The zero-order valence-corrected chi connectivity index (χ0v) is 15.4. The molecule has 0 aliphatic carbocycles. The second-order valence-corrected chi connectivity index (χ2v) is 6.98. The Morgan fingerprint density at radius 1 is 1.11 bits per heavy atom. The smallest absolute Gasteiger partial charge is 0.253 e. The Hall–Kier alpha value is -2.99. The number of amides is 1. The second kappa shape index (κ2) is 7.20. The minimum Gasteiger partial charge on any atom is -0.494 e. The highest BCUT2D eigenvalue weighted by molar-refractivity contribution is 6.02. The van der Waals surface area contributed by atoms with Gasteiger partial charge in [0.2, 0.25) is 5.82 Å². The molecule has 4 rings (SSSR count). The maximum absolute atomic E-state index is 14.6. The molecule has 2 N–H and O–H groups in total. The van der Waals surface area contributed by atoms with Gasteiger partial charge in [0, 0.05) is 30.3 Å². The molecule has 6 heteroatoms. The molecule has 1 aliphatic rings. The first-order valence-electron chi connectivity index (χ1n) is 9.09. The van der Waals surface area contributed by atoms with Crippen LogP contribution in [-0.4, -0.2) is 37.0 Å². The van der Waals surface area contributed by atoms with Crippen molar-refractivity contribution < 1.29 is 18.3 Å². The standard InChI is InChI=1S/C22H20F2N2O2/c1-28-19-8-7-18(20(23)21(19)24)17-4-2-3-13-11-14(5-6-16(13)17)22(27)26-10-9-15(25)12-26/h2-8,11,15H,9-10,12,25H2,1H3/t15-/m1/s1. The lowest BCUT2D eigenvalue weighted by atomic mass is 9.96. The van der Waals surface area contributed by atoms with Gasteiger partial charge in [0.05, 0.1) is 7.11 Å². The third-order valence-corrected chi connectivity index (χ3v) is 5.20. The van der Waals surface area contributed by atoms with Crippen molar-refractivity contribution in [2.75, 3.05) is 20.2 Å². The highest BCUT2D eigenvalue weighted by Crippen LogP contribution is 2.34. The number of fused-ring (bicyclic) bond motifs is 1. The van der Waals surface area contributed by atoms with Crippen LogP contribution in [0.4, 0.5) is 8.78 Å². The zero-order chi connectivity index (χ0) is 19.8. The molecular weight excluding hydrogens is 362 g/mol. The van der Waals surface area contributed by atoms with E-state index in [1.165, 1.54) is 19.2 Å². The summed E-state index contributed by atoms with van der Waals surface area (Å²) in [6.07, 6.45) is 0.797. The van der Waals surface area contributed by atoms with Gasteiger partial charge in [0.25, 0.3) is 5.91 Å². The molecule has 1 atom stereocenters. The predicted molar refractivity (Wildman–Crippen MR) is 104 cm³/mol. The van der Waals surface area contributed by atoms with Gasteiger partial charge >= 0.3 is 0 Å². The fourth-order valence-corrected chi connectivity index (χ4v) is 3.70. The van der Waals surface area contributed by atoms with Crippen molar-refractivity contribution in [1.82, 2.24) is 4.90 Å². The number of carbonyl (C=O) groups is 1. The summed E-state index contributed by atoms with van der Waals surface area (Å²) in [5, 5.41) is 1.52. The van der Waals surface area contributed by atoms with Gasteiger partial charge in [-0.3, -0.25) is 4.79 Å². The molecule has 4 nitrogen and oxygen atoms in total. The Labute approximate surface area is 161 Å². The van der Waals surface area contributed by atoms with Crippen molar-refractivity contribution in [3.05, 3.63) is 65.7 Å². The minimum atomic E-state index is -1.02. The number of carbonyl (C=O) groups excluding carboxylic acids is 1. The zero-order valence-electron chi connectivity index (χ0n) is 15.4. The molecule has 0 unspecified atom stereocenters. The lowest BCUT2D eigenvalue weighted by Crippen LogP contribution is -2.31. The van der Waals surface area contributed by atoms with Crippen molar-refractivity contribution >= 4 is 16.7 Å². The third kappa shape index (κ3) is 3.10. The maximum atomic E-state index is 14.6. The molecule has 1 aliphatic heterocycles.